The molecule has 0 saturated heterocycles. The van der Waals surface area contributed by atoms with Crippen LogP contribution in [-0.4, -0.2) is 20.7 Å². The van der Waals surface area contributed by atoms with E-state index in [1.54, 1.807) is 23.9 Å². The zero-order valence-electron chi connectivity index (χ0n) is 10.9. The van der Waals surface area contributed by atoms with Crippen molar-refractivity contribution in [3.8, 4) is 0 Å². The van der Waals surface area contributed by atoms with Crippen molar-refractivity contribution in [2.75, 3.05) is 12.3 Å². The highest BCUT2D eigenvalue weighted by Crippen LogP contribution is 2.20. The molecule has 0 aromatic heterocycles. The summed E-state index contributed by atoms with van der Waals surface area (Å²) in [6, 6.07) is 13.5. The first kappa shape index (κ1) is 16.6. The Morgan fingerprint density at radius 2 is 1.43 bits per heavy atom. The van der Waals surface area contributed by atoms with E-state index in [2.05, 4.69) is 4.72 Å². The largest absolute Gasteiger partial charge is 0.240 e. The molecule has 3 nitrogen and oxygen atoms in total. The second-order valence-corrected chi connectivity index (χ2v) is 7.96. The lowest BCUT2D eigenvalue weighted by Crippen LogP contribution is -2.25. The van der Waals surface area contributed by atoms with Crippen LogP contribution in [0, 0.1) is 0 Å². The van der Waals surface area contributed by atoms with E-state index < -0.39 is 10.0 Å². The fraction of sp³-hybridized carbons (Fsp3) is 0.143. The number of hydrogen-bond acceptors (Lipinski definition) is 3. The predicted molar refractivity (Wildman–Crippen MR) is 88.8 cm³/mol. The molecule has 0 aliphatic rings. The second kappa shape index (κ2) is 7.51. The van der Waals surface area contributed by atoms with E-state index >= 15 is 0 Å². The molecule has 7 heteroatoms. The summed E-state index contributed by atoms with van der Waals surface area (Å²) in [6.45, 7) is 0.345. The summed E-state index contributed by atoms with van der Waals surface area (Å²) in [5.74, 6) is 0.633. The van der Waals surface area contributed by atoms with Gasteiger partial charge in [-0.15, -0.1) is 11.8 Å². The second-order valence-electron chi connectivity index (χ2n) is 4.15. The third-order valence-corrected chi connectivity index (χ3v) is 5.60. The molecule has 0 radical (unpaired) electrons. The summed E-state index contributed by atoms with van der Waals surface area (Å²) < 4.78 is 26.6. The molecule has 0 atom stereocenters. The SMILES string of the molecule is O=S(=O)(NCCSc1ccc(Cl)cc1)c1ccc(Cl)cc1. The minimum absolute atomic E-state index is 0.211. The molecule has 0 saturated carbocycles. The van der Waals surface area contributed by atoms with Crippen LogP contribution < -0.4 is 4.72 Å². The third-order valence-electron chi connectivity index (χ3n) is 2.60. The van der Waals surface area contributed by atoms with Gasteiger partial charge in [-0.2, -0.15) is 0 Å². The van der Waals surface area contributed by atoms with Gasteiger partial charge in [-0.3, -0.25) is 0 Å². The maximum Gasteiger partial charge on any atom is 0.240 e. The van der Waals surface area contributed by atoms with Crippen LogP contribution in [0.3, 0.4) is 0 Å². The molecule has 0 unspecified atom stereocenters. The summed E-state index contributed by atoms with van der Waals surface area (Å²) >= 11 is 13.1. The van der Waals surface area contributed by atoms with Gasteiger partial charge in [-0.25, -0.2) is 13.1 Å². The van der Waals surface area contributed by atoms with Gasteiger partial charge in [-0.1, -0.05) is 23.2 Å². The Kier molecular flexibility index (Phi) is 5.96. The van der Waals surface area contributed by atoms with Crippen molar-refractivity contribution in [3.63, 3.8) is 0 Å². The molecule has 2 aromatic rings. The molecule has 0 fully saturated rings. The average molecular weight is 362 g/mol. The monoisotopic (exact) mass is 361 g/mol. The number of benzene rings is 2. The van der Waals surface area contributed by atoms with E-state index in [1.165, 1.54) is 12.1 Å². The standard InChI is InChI=1S/C14H13Cl2NO2S2/c15-11-1-5-13(6-2-11)20-10-9-17-21(18,19)14-7-3-12(16)4-8-14/h1-8,17H,9-10H2. The fourth-order valence-corrected chi connectivity index (χ4v) is 3.75. The van der Waals surface area contributed by atoms with Crippen LogP contribution in [0.4, 0.5) is 0 Å². The van der Waals surface area contributed by atoms with Crippen molar-refractivity contribution in [1.29, 1.82) is 0 Å². The normalized spacial score (nSPS) is 11.5. The predicted octanol–water partition coefficient (Wildman–Crippen LogP) is 4.06. The van der Waals surface area contributed by atoms with Crippen molar-refractivity contribution < 1.29 is 8.42 Å². The molecule has 2 aromatic carbocycles. The summed E-state index contributed by atoms with van der Waals surface area (Å²) in [5, 5.41) is 1.19. The van der Waals surface area contributed by atoms with Crippen LogP contribution in [0.5, 0.6) is 0 Å². The van der Waals surface area contributed by atoms with Gasteiger partial charge in [0.2, 0.25) is 10.0 Å². The summed E-state index contributed by atoms with van der Waals surface area (Å²) in [4.78, 5) is 1.26. The van der Waals surface area contributed by atoms with Gasteiger partial charge in [0.05, 0.1) is 4.90 Å². The van der Waals surface area contributed by atoms with Gasteiger partial charge < -0.3 is 0 Å². The third kappa shape index (κ3) is 5.20. The number of hydrogen-bond donors (Lipinski definition) is 1. The number of thioether (sulfide) groups is 1. The smallest absolute Gasteiger partial charge is 0.210 e. The molecular weight excluding hydrogens is 349 g/mol. The molecule has 2 rings (SSSR count). The number of sulfonamides is 1. The Balaban J connectivity index is 1.85. The number of rotatable bonds is 6. The lowest BCUT2D eigenvalue weighted by Gasteiger charge is -2.07. The van der Waals surface area contributed by atoms with E-state index in [4.69, 9.17) is 23.2 Å². The first-order valence-corrected chi connectivity index (χ1v) is 9.33. The number of halogens is 2. The summed E-state index contributed by atoms with van der Waals surface area (Å²) in [5.41, 5.74) is 0. The molecule has 112 valence electrons. The minimum atomic E-state index is -3.48. The molecule has 0 aliphatic heterocycles. The molecule has 0 bridgehead atoms. The van der Waals surface area contributed by atoms with E-state index in [-0.39, 0.29) is 4.90 Å². The maximum atomic E-state index is 12.0. The van der Waals surface area contributed by atoms with Gasteiger partial charge >= 0.3 is 0 Å². The van der Waals surface area contributed by atoms with Crippen molar-refractivity contribution in [3.05, 3.63) is 58.6 Å². The van der Waals surface area contributed by atoms with Gasteiger partial charge in [0.15, 0.2) is 0 Å². The van der Waals surface area contributed by atoms with Crippen molar-refractivity contribution in [2.24, 2.45) is 0 Å². The lowest BCUT2D eigenvalue weighted by molar-refractivity contribution is 0.584. The van der Waals surface area contributed by atoms with Gasteiger partial charge in [0.25, 0.3) is 0 Å². The van der Waals surface area contributed by atoms with E-state index in [9.17, 15) is 8.42 Å². The zero-order valence-corrected chi connectivity index (χ0v) is 14.1. The van der Waals surface area contributed by atoms with Crippen molar-refractivity contribution in [1.82, 2.24) is 4.72 Å². The Hall–Kier alpha value is -0.720. The van der Waals surface area contributed by atoms with Crippen LogP contribution in [-0.2, 0) is 10.0 Å². The Bertz CT molecular complexity index is 686. The molecule has 0 heterocycles. The van der Waals surface area contributed by atoms with Crippen molar-refractivity contribution in [2.45, 2.75) is 9.79 Å². The van der Waals surface area contributed by atoms with Crippen LogP contribution in [0.1, 0.15) is 0 Å². The van der Waals surface area contributed by atoms with E-state index in [0.717, 1.165) is 4.90 Å². The highest BCUT2D eigenvalue weighted by atomic mass is 35.5. The van der Waals surface area contributed by atoms with Gasteiger partial charge in [0.1, 0.15) is 0 Å². The molecule has 1 N–H and O–H groups in total. The molecule has 21 heavy (non-hydrogen) atoms. The first-order valence-electron chi connectivity index (χ1n) is 6.11. The highest BCUT2D eigenvalue weighted by Gasteiger charge is 2.12. The van der Waals surface area contributed by atoms with Crippen LogP contribution in [0.2, 0.25) is 10.0 Å². The van der Waals surface area contributed by atoms with E-state index in [1.807, 2.05) is 24.3 Å². The van der Waals surface area contributed by atoms with Gasteiger partial charge in [-0.05, 0) is 48.5 Å². The Morgan fingerprint density at radius 1 is 0.905 bits per heavy atom. The van der Waals surface area contributed by atoms with Crippen LogP contribution in [0.15, 0.2) is 58.3 Å². The molecule has 0 spiro atoms. The molecule has 0 amide bonds. The Morgan fingerprint density at radius 3 is 2.00 bits per heavy atom. The topological polar surface area (TPSA) is 46.2 Å². The van der Waals surface area contributed by atoms with E-state index in [0.29, 0.717) is 22.3 Å². The van der Waals surface area contributed by atoms with Crippen LogP contribution in [0.25, 0.3) is 0 Å². The quantitative estimate of drug-likeness (QED) is 0.623. The summed E-state index contributed by atoms with van der Waals surface area (Å²) in [6.07, 6.45) is 0. The average Bonchev–Trinajstić information content (AvgIpc) is 2.46. The van der Waals surface area contributed by atoms with Crippen molar-refractivity contribution >= 4 is 45.0 Å². The first-order chi connectivity index (χ1) is 9.97. The molecular formula is C14H13Cl2NO2S2. The number of nitrogens with one attached hydrogen (secondary N) is 1. The summed E-state index contributed by atoms with van der Waals surface area (Å²) in [7, 11) is -3.48. The van der Waals surface area contributed by atoms with Gasteiger partial charge in [0, 0.05) is 27.2 Å². The molecule has 0 aliphatic carbocycles. The highest BCUT2D eigenvalue weighted by molar-refractivity contribution is 7.99. The minimum Gasteiger partial charge on any atom is -0.210 e. The Labute approximate surface area is 138 Å². The van der Waals surface area contributed by atoms with Crippen LogP contribution >= 0.6 is 35.0 Å². The lowest BCUT2D eigenvalue weighted by atomic mass is 10.4. The maximum absolute atomic E-state index is 12.0. The zero-order chi connectivity index (χ0) is 15.3. The fourth-order valence-electron chi connectivity index (χ4n) is 1.57.